The number of rotatable bonds is 3. The summed E-state index contributed by atoms with van der Waals surface area (Å²) < 4.78 is 0. The monoisotopic (exact) mass is 258 g/mol. The fourth-order valence-corrected chi connectivity index (χ4v) is 1.67. The molecule has 0 saturated heterocycles. The summed E-state index contributed by atoms with van der Waals surface area (Å²) in [5, 5.41) is 12.3. The number of aromatic amines is 1. The van der Waals surface area contributed by atoms with Crippen LogP contribution in [-0.4, -0.2) is 21.8 Å². The molecule has 0 aliphatic carbocycles. The Morgan fingerprint density at radius 3 is 2.58 bits per heavy atom. The Morgan fingerprint density at radius 2 is 2.00 bits per heavy atom. The van der Waals surface area contributed by atoms with Gasteiger partial charge in [-0.15, -0.1) is 0 Å². The van der Waals surface area contributed by atoms with Crippen LogP contribution in [0.5, 0.6) is 5.75 Å². The predicted molar refractivity (Wildman–Crippen MR) is 71.6 cm³/mol. The number of ketones is 1. The van der Waals surface area contributed by atoms with Crippen LogP contribution >= 0.6 is 0 Å². The molecule has 2 rings (SSSR count). The van der Waals surface area contributed by atoms with Gasteiger partial charge in [0.2, 0.25) is 0 Å². The number of amides is 1. The highest BCUT2D eigenvalue weighted by atomic mass is 16.3. The van der Waals surface area contributed by atoms with Gasteiger partial charge in [0.15, 0.2) is 5.78 Å². The van der Waals surface area contributed by atoms with Crippen LogP contribution in [0.3, 0.4) is 0 Å². The highest BCUT2D eigenvalue weighted by Gasteiger charge is 2.12. The third kappa shape index (κ3) is 2.82. The van der Waals surface area contributed by atoms with Crippen LogP contribution in [0.15, 0.2) is 30.5 Å². The molecule has 5 heteroatoms. The SMILES string of the molecule is CC(=O)c1c[nH]c(C(=O)Nc2ccc(C)cc2O)c1. The standard InChI is InChI=1S/C14H14N2O3/c1-8-3-4-11(13(18)5-8)16-14(19)12-6-10(7-15-12)9(2)17/h3-7,15,18H,1-2H3,(H,16,19). The van der Waals surface area contributed by atoms with Crippen molar-refractivity contribution in [3.05, 3.63) is 47.3 Å². The number of phenols is 1. The molecule has 19 heavy (non-hydrogen) atoms. The Bertz CT molecular complexity index is 644. The molecule has 0 aliphatic heterocycles. The van der Waals surface area contributed by atoms with Crippen molar-refractivity contribution in [3.8, 4) is 5.75 Å². The van der Waals surface area contributed by atoms with E-state index in [2.05, 4.69) is 10.3 Å². The molecule has 0 atom stereocenters. The maximum Gasteiger partial charge on any atom is 0.272 e. The highest BCUT2D eigenvalue weighted by Crippen LogP contribution is 2.24. The van der Waals surface area contributed by atoms with Crippen molar-refractivity contribution in [2.45, 2.75) is 13.8 Å². The number of nitrogens with one attached hydrogen (secondary N) is 2. The van der Waals surface area contributed by atoms with Crippen molar-refractivity contribution < 1.29 is 14.7 Å². The van der Waals surface area contributed by atoms with Gasteiger partial charge in [-0.2, -0.15) is 0 Å². The van der Waals surface area contributed by atoms with E-state index in [1.807, 2.05) is 6.92 Å². The fourth-order valence-electron chi connectivity index (χ4n) is 1.67. The molecule has 1 aromatic carbocycles. The molecule has 98 valence electrons. The van der Waals surface area contributed by atoms with E-state index in [0.717, 1.165) is 5.56 Å². The minimum atomic E-state index is -0.411. The van der Waals surface area contributed by atoms with Crippen molar-refractivity contribution in [1.29, 1.82) is 0 Å². The van der Waals surface area contributed by atoms with Crippen LogP contribution in [0, 0.1) is 6.92 Å². The second kappa shape index (κ2) is 4.97. The first kappa shape index (κ1) is 12.9. The number of carbonyl (C=O) groups is 2. The lowest BCUT2D eigenvalue weighted by atomic mass is 10.2. The number of anilines is 1. The third-order valence-corrected chi connectivity index (χ3v) is 2.74. The molecule has 1 aromatic heterocycles. The maximum absolute atomic E-state index is 11.9. The summed E-state index contributed by atoms with van der Waals surface area (Å²) in [4.78, 5) is 25.8. The quantitative estimate of drug-likeness (QED) is 0.584. The third-order valence-electron chi connectivity index (χ3n) is 2.74. The molecule has 0 radical (unpaired) electrons. The van der Waals surface area contributed by atoms with Crippen molar-refractivity contribution in [3.63, 3.8) is 0 Å². The van der Waals surface area contributed by atoms with Gasteiger partial charge in [0.05, 0.1) is 5.69 Å². The van der Waals surface area contributed by atoms with Crippen LogP contribution in [0.1, 0.15) is 33.3 Å². The van der Waals surface area contributed by atoms with Gasteiger partial charge in [-0.05, 0) is 37.6 Å². The average molecular weight is 258 g/mol. The van der Waals surface area contributed by atoms with Crippen LogP contribution in [0.25, 0.3) is 0 Å². The predicted octanol–water partition coefficient (Wildman–Crippen LogP) is 2.48. The smallest absolute Gasteiger partial charge is 0.272 e. The Balaban J connectivity index is 2.18. The zero-order chi connectivity index (χ0) is 14.0. The second-order valence-electron chi connectivity index (χ2n) is 4.33. The number of Topliss-reactive ketones (excluding diaryl/α,β-unsaturated/α-hetero) is 1. The molecule has 0 bridgehead atoms. The summed E-state index contributed by atoms with van der Waals surface area (Å²) in [6.07, 6.45) is 1.48. The van der Waals surface area contributed by atoms with Crippen LogP contribution in [0.2, 0.25) is 0 Å². The Hall–Kier alpha value is -2.56. The number of hydrogen-bond acceptors (Lipinski definition) is 3. The average Bonchev–Trinajstić information content (AvgIpc) is 2.82. The molecule has 0 unspecified atom stereocenters. The van der Waals surface area contributed by atoms with E-state index in [9.17, 15) is 14.7 Å². The maximum atomic E-state index is 11.9. The van der Waals surface area contributed by atoms with E-state index in [1.54, 1.807) is 18.2 Å². The first-order valence-corrected chi connectivity index (χ1v) is 5.77. The van der Waals surface area contributed by atoms with Crippen molar-refractivity contribution in [2.24, 2.45) is 0 Å². The van der Waals surface area contributed by atoms with Gasteiger partial charge < -0.3 is 15.4 Å². The topological polar surface area (TPSA) is 82.2 Å². The first-order valence-electron chi connectivity index (χ1n) is 5.77. The Labute approximate surface area is 110 Å². The zero-order valence-electron chi connectivity index (χ0n) is 10.7. The lowest BCUT2D eigenvalue weighted by molar-refractivity contribution is 0.101. The molecule has 0 aliphatic rings. The van der Waals surface area contributed by atoms with Gasteiger partial charge in [-0.1, -0.05) is 6.07 Å². The molecule has 0 spiro atoms. The lowest BCUT2D eigenvalue weighted by Gasteiger charge is -2.06. The van der Waals surface area contributed by atoms with Gasteiger partial charge in [0.1, 0.15) is 11.4 Å². The molecule has 5 nitrogen and oxygen atoms in total. The number of hydrogen-bond donors (Lipinski definition) is 3. The molecule has 3 N–H and O–H groups in total. The molecule has 1 amide bonds. The summed E-state index contributed by atoms with van der Waals surface area (Å²) >= 11 is 0. The van der Waals surface area contributed by atoms with Crippen molar-refractivity contribution in [2.75, 3.05) is 5.32 Å². The van der Waals surface area contributed by atoms with E-state index in [0.29, 0.717) is 11.3 Å². The van der Waals surface area contributed by atoms with Gasteiger partial charge >= 0.3 is 0 Å². The molecule has 2 aromatic rings. The van der Waals surface area contributed by atoms with Gasteiger partial charge in [0, 0.05) is 11.8 Å². The fraction of sp³-hybridized carbons (Fsp3) is 0.143. The molecule has 1 heterocycles. The zero-order valence-corrected chi connectivity index (χ0v) is 10.7. The van der Waals surface area contributed by atoms with Crippen LogP contribution in [0.4, 0.5) is 5.69 Å². The molecule has 0 saturated carbocycles. The number of aryl methyl sites for hydroxylation is 1. The van der Waals surface area contributed by atoms with Crippen LogP contribution < -0.4 is 5.32 Å². The Morgan fingerprint density at radius 1 is 1.26 bits per heavy atom. The lowest BCUT2D eigenvalue weighted by Crippen LogP contribution is -2.12. The summed E-state index contributed by atoms with van der Waals surface area (Å²) in [7, 11) is 0. The minimum Gasteiger partial charge on any atom is -0.506 e. The van der Waals surface area contributed by atoms with Crippen LogP contribution in [-0.2, 0) is 0 Å². The normalized spacial score (nSPS) is 10.2. The summed E-state index contributed by atoms with van der Waals surface area (Å²) in [5.74, 6) is -0.521. The second-order valence-corrected chi connectivity index (χ2v) is 4.33. The summed E-state index contributed by atoms with van der Waals surface area (Å²) in [5.41, 5.74) is 1.94. The number of phenolic OH excluding ortho intramolecular Hbond substituents is 1. The van der Waals surface area contributed by atoms with Crippen molar-refractivity contribution >= 4 is 17.4 Å². The van der Waals surface area contributed by atoms with Gasteiger partial charge in [0.25, 0.3) is 5.91 Å². The summed E-state index contributed by atoms with van der Waals surface area (Å²) in [6, 6.07) is 6.44. The number of benzene rings is 1. The van der Waals surface area contributed by atoms with Crippen molar-refractivity contribution in [1.82, 2.24) is 4.98 Å². The van der Waals surface area contributed by atoms with E-state index in [1.165, 1.54) is 19.2 Å². The largest absolute Gasteiger partial charge is 0.506 e. The van der Waals surface area contributed by atoms with E-state index < -0.39 is 5.91 Å². The van der Waals surface area contributed by atoms with Gasteiger partial charge in [-0.25, -0.2) is 0 Å². The van der Waals surface area contributed by atoms with E-state index in [4.69, 9.17) is 0 Å². The molecular weight excluding hydrogens is 244 g/mol. The number of aromatic nitrogens is 1. The number of aromatic hydroxyl groups is 1. The van der Waals surface area contributed by atoms with E-state index in [-0.39, 0.29) is 17.2 Å². The van der Waals surface area contributed by atoms with E-state index >= 15 is 0 Å². The Kier molecular flexibility index (Phi) is 3.37. The first-order chi connectivity index (χ1) is 8.97. The highest BCUT2D eigenvalue weighted by molar-refractivity contribution is 6.05. The number of H-pyrrole nitrogens is 1. The summed E-state index contributed by atoms with van der Waals surface area (Å²) in [6.45, 7) is 3.27. The minimum absolute atomic E-state index is 0.00620. The molecular formula is C14H14N2O3. The van der Waals surface area contributed by atoms with Gasteiger partial charge in [-0.3, -0.25) is 9.59 Å². The molecule has 0 fully saturated rings. The number of carbonyl (C=O) groups excluding carboxylic acids is 2.